The summed E-state index contributed by atoms with van der Waals surface area (Å²) in [6.45, 7) is 4.84. The normalized spacial score (nSPS) is 13.7. The van der Waals surface area contributed by atoms with Crippen molar-refractivity contribution in [3.8, 4) is 5.69 Å². The third kappa shape index (κ3) is 5.20. The molecule has 0 spiro atoms. The van der Waals surface area contributed by atoms with Crippen LogP contribution in [0.4, 0.5) is 16.4 Å². The van der Waals surface area contributed by atoms with Crippen LogP contribution >= 0.6 is 0 Å². The van der Waals surface area contributed by atoms with Crippen molar-refractivity contribution in [2.45, 2.75) is 13.3 Å². The molecule has 1 aliphatic rings. The summed E-state index contributed by atoms with van der Waals surface area (Å²) in [5.41, 5.74) is 2.52. The van der Waals surface area contributed by atoms with Gasteiger partial charge < -0.3 is 20.4 Å². The van der Waals surface area contributed by atoms with Crippen molar-refractivity contribution in [2.75, 3.05) is 42.9 Å². The zero-order chi connectivity index (χ0) is 22.3. The number of rotatable bonds is 6. The van der Waals surface area contributed by atoms with Gasteiger partial charge in [0.1, 0.15) is 0 Å². The van der Waals surface area contributed by atoms with Crippen molar-refractivity contribution in [1.82, 2.24) is 30.0 Å². The van der Waals surface area contributed by atoms with Gasteiger partial charge in [0.15, 0.2) is 0 Å². The lowest BCUT2D eigenvalue weighted by Crippen LogP contribution is -2.49. The second-order valence-electron chi connectivity index (χ2n) is 7.48. The van der Waals surface area contributed by atoms with Crippen LogP contribution in [0.2, 0.25) is 0 Å². The number of carbonyl (C=O) groups is 2. The summed E-state index contributed by atoms with van der Waals surface area (Å²) in [7, 11) is 0. The van der Waals surface area contributed by atoms with Crippen molar-refractivity contribution >= 4 is 23.6 Å². The highest BCUT2D eigenvalue weighted by Gasteiger charge is 2.22. The smallest absolute Gasteiger partial charge is 0.319 e. The largest absolute Gasteiger partial charge is 0.339 e. The molecule has 0 unspecified atom stereocenters. The number of urea groups is 1. The monoisotopic (exact) mass is 434 g/mol. The molecule has 2 N–H and O–H groups in total. The number of hydrogen-bond donors (Lipinski definition) is 2. The molecular formula is C22H26N8O2. The van der Waals surface area contributed by atoms with E-state index in [1.807, 2.05) is 42.2 Å². The molecule has 3 amide bonds. The van der Waals surface area contributed by atoms with E-state index in [0.717, 1.165) is 11.4 Å². The average Bonchev–Trinajstić information content (AvgIpc) is 3.26. The van der Waals surface area contributed by atoms with Crippen molar-refractivity contribution in [2.24, 2.45) is 0 Å². The maximum Gasteiger partial charge on any atom is 0.319 e. The van der Waals surface area contributed by atoms with Crippen LogP contribution in [0.1, 0.15) is 12.1 Å². The van der Waals surface area contributed by atoms with Crippen LogP contribution in [0, 0.1) is 6.92 Å². The maximum absolute atomic E-state index is 12.5. The molecule has 1 aromatic carbocycles. The molecule has 4 rings (SSSR count). The number of aromatic nitrogens is 4. The molecule has 3 aromatic rings. The molecule has 0 saturated carbocycles. The molecule has 2 aromatic heterocycles. The highest BCUT2D eigenvalue weighted by Crippen LogP contribution is 2.15. The molecule has 10 nitrogen and oxygen atoms in total. The van der Waals surface area contributed by atoms with Gasteiger partial charge in [-0.2, -0.15) is 5.10 Å². The molecule has 0 bridgehead atoms. The molecule has 3 heterocycles. The molecule has 1 aliphatic heterocycles. The first-order chi connectivity index (χ1) is 15.6. The standard InChI is InChI=1S/C22H26N8O2/c1-17-6-11-26-30(17)19-5-2-4-18(16-19)27-22(32)25-10-7-20(31)28-12-14-29(15-13-28)21-23-8-3-9-24-21/h2-6,8-9,11,16H,7,10,12-15H2,1H3,(H2,25,27,32). The minimum absolute atomic E-state index is 0.0232. The number of aryl methyl sites for hydroxylation is 1. The Morgan fingerprint density at radius 2 is 1.78 bits per heavy atom. The van der Waals surface area contributed by atoms with Gasteiger partial charge in [0.25, 0.3) is 0 Å². The summed E-state index contributed by atoms with van der Waals surface area (Å²) in [6.07, 6.45) is 5.41. The van der Waals surface area contributed by atoms with Crippen LogP contribution in [-0.2, 0) is 4.79 Å². The van der Waals surface area contributed by atoms with Crippen molar-refractivity contribution in [3.63, 3.8) is 0 Å². The van der Waals surface area contributed by atoms with Crippen LogP contribution in [0.5, 0.6) is 0 Å². The maximum atomic E-state index is 12.5. The van der Waals surface area contributed by atoms with Gasteiger partial charge in [-0.3, -0.25) is 4.79 Å². The van der Waals surface area contributed by atoms with E-state index in [4.69, 9.17) is 0 Å². The second kappa shape index (κ2) is 9.90. The summed E-state index contributed by atoms with van der Waals surface area (Å²) in [5.74, 6) is 0.708. The van der Waals surface area contributed by atoms with E-state index in [1.165, 1.54) is 0 Å². The predicted octanol–water partition coefficient (Wildman–Crippen LogP) is 1.83. The molecule has 32 heavy (non-hydrogen) atoms. The third-order valence-electron chi connectivity index (χ3n) is 5.27. The molecule has 1 fully saturated rings. The number of benzene rings is 1. The Kier molecular flexibility index (Phi) is 6.59. The SMILES string of the molecule is Cc1ccnn1-c1cccc(NC(=O)NCCC(=O)N2CCN(c3ncccn3)CC2)c1. The summed E-state index contributed by atoms with van der Waals surface area (Å²) < 4.78 is 1.80. The lowest BCUT2D eigenvalue weighted by molar-refractivity contribution is -0.131. The van der Waals surface area contributed by atoms with Crippen molar-refractivity contribution < 1.29 is 9.59 Å². The summed E-state index contributed by atoms with van der Waals surface area (Å²) in [6, 6.07) is 10.8. The molecule has 0 radical (unpaired) electrons. The van der Waals surface area contributed by atoms with Crippen LogP contribution < -0.4 is 15.5 Å². The van der Waals surface area contributed by atoms with Crippen molar-refractivity contribution in [1.29, 1.82) is 0 Å². The quantitative estimate of drug-likeness (QED) is 0.613. The molecule has 1 saturated heterocycles. The Balaban J connectivity index is 1.20. The first-order valence-electron chi connectivity index (χ1n) is 10.6. The molecule has 0 aliphatic carbocycles. The molecular weight excluding hydrogens is 408 g/mol. The first kappa shape index (κ1) is 21.3. The van der Waals surface area contributed by atoms with Gasteiger partial charge in [0.2, 0.25) is 11.9 Å². The summed E-state index contributed by atoms with van der Waals surface area (Å²) in [4.78, 5) is 37.1. The predicted molar refractivity (Wildman–Crippen MR) is 121 cm³/mol. The summed E-state index contributed by atoms with van der Waals surface area (Å²) >= 11 is 0. The lowest BCUT2D eigenvalue weighted by atomic mass is 10.2. The minimum Gasteiger partial charge on any atom is -0.339 e. The zero-order valence-corrected chi connectivity index (χ0v) is 17.9. The number of amides is 3. The number of carbonyl (C=O) groups excluding carboxylic acids is 2. The van der Waals surface area contributed by atoms with Crippen LogP contribution in [0.25, 0.3) is 5.69 Å². The fraction of sp³-hybridized carbons (Fsp3) is 0.318. The Labute approximate surface area is 186 Å². The minimum atomic E-state index is -0.349. The van der Waals surface area contributed by atoms with Crippen LogP contribution in [0.15, 0.2) is 55.0 Å². The number of nitrogens with zero attached hydrogens (tertiary/aromatic N) is 6. The molecule has 10 heteroatoms. The van der Waals surface area contributed by atoms with Gasteiger partial charge in [-0.15, -0.1) is 0 Å². The van der Waals surface area contributed by atoms with E-state index >= 15 is 0 Å². The fourth-order valence-corrected chi connectivity index (χ4v) is 3.58. The average molecular weight is 435 g/mol. The number of nitrogens with one attached hydrogen (secondary N) is 2. The highest BCUT2D eigenvalue weighted by atomic mass is 16.2. The Morgan fingerprint density at radius 1 is 1.00 bits per heavy atom. The summed E-state index contributed by atoms with van der Waals surface area (Å²) in [5, 5.41) is 9.83. The van der Waals surface area contributed by atoms with Gasteiger partial charge in [-0.1, -0.05) is 6.07 Å². The third-order valence-corrected chi connectivity index (χ3v) is 5.27. The van der Waals surface area contributed by atoms with E-state index in [2.05, 4.69) is 30.6 Å². The molecule has 166 valence electrons. The van der Waals surface area contributed by atoms with Gasteiger partial charge in [0, 0.05) is 69.1 Å². The van der Waals surface area contributed by atoms with Gasteiger partial charge in [-0.05, 0) is 37.3 Å². The highest BCUT2D eigenvalue weighted by molar-refractivity contribution is 5.89. The Hall–Kier alpha value is -3.95. The van der Waals surface area contributed by atoms with Crippen LogP contribution in [-0.4, -0.2) is 69.3 Å². The topological polar surface area (TPSA) is 108 Å². The molecule has 0 atom stereocenters. The van der Waals surface area contributed by atoms with Crippen LogP contribution in [0.3, 0.4) is 0 Å². The second-order valence-corrected chi connectivity index (χ2v) is 7.48. The van der Waals surface area contributed by atoms with E-state index in [-0.39, 0.29) is 24.9 Å². The van der Waals surface area contributed by atoms with Gasteiger partial charge in [-0.25, -0.2) is 19.4 Å². The Bertz CT molecular complexity index is 1060. The number of piperazine rings is 1. The van der Waals surface area contributed by atoms with E-state index in [9.17, 15) is 9.59 Å². The fourth-order valence-electron chi connectivity index (χ4n) is 3.58. The van der Waals surface area contributed by atoms with Gasteiger partial charge >= 0.3 is 6.03 Å². The number of anilines is 2. The van der Waals surface area contributed by atoms with Crippen molar-refractivity contribution in [3.05, 3.63) is 60.7 Å². The Morgan fingerprint density at radius 3 is 2.50 bits per heavy atom. The first-order valence-corrected chi connectivity index (χ1v) is 10.6. The van der Waals surface area contributed by atoms with Gasteiger partial charge in [0.05, 0.1) is 5.69 Å². The number of hydrogen-bond acceptors (Lipinski definition) is 6. The van der Waals surface area contributed by atoms with E-state index < -0.39 is 0 Å². The van der Waals surface area contributed by atoms with E-state index in [1.54, 1.807) is 29.3 Å². The lowest BCUT2D eigenvalue weighted by Gasteiger charge is -2.34. The zero-order valence-electron chi connectivity index (χ0n) is 17.9. The van der Waals surface area contributed by atoms with E-state index in [0.29, 0.717) is 37.8 Å².